The first-order valence-electron chi connectivity index (χ1n) is 7.62. The van der Waals surface area contributed by atoms with Crippen LogP contribution in [0.4, 0.5) is 10.5 Å². The second-order valence-corrected chi connectivity index (χ2v) is 5.27. The fourth-order valence-electron chi connectivity index (χ4n) is 2.44. The van der Waals surface area contributed by atoms with Crippen molar-refractivity contribution in [1.82, 2.24) is 9.88 Å². The fraction of sp³-hybridized carbons (Fsp3) is 0.353. The van der Waals surface area contributed by atoms with Crippen LogP contribution in [0.25, 0.3) is 0 Å². The first-order valence-corrected chi connectivity index (χ1v) is 7.62. The number of methoxy groups -OCH3 is 2. The molecule has 0 spiro atoms. The number of benzene rings is 1. The van der Waals surface area contributed by atoms with E-state index in [1.54, 1.807) is 18.2 Å². The van der Waals surface area contributed by atoms with E-state index < -0.39 is 6.10 Å². The molecule has 0 aliphatic carbocycles. The molecule has 7 nitrogen and oxygen atoms in total. The van der Waals surface area contributed by atoms with Crippen molar-refractivity contribution < 1.29 is 19.4 Å². The van der Waals surface area contributed by atoms with Crippen molar-refractivity contribution in [2.24, 2.45) is 7.05 Å². The number of aliphatic hydroxyl groups excluding tert-OH is 1. The van der Waals surface area contributed by atoms with Gasteiger partial charge in [-0.3, -0.25) is 0 Å². The molecule has 3 N–H and O–H groups in total. The molecule has 0 saturated carbocycles. The molecule has 7 heteroatoms. The first kappa shape index (κ1) is 17.7. The second-order valence-electron chi connectivity index (χ2n) is 5.27. The normalized spacial score (nSPS) is 11.7. The fourth-order valence-corrected chi connectivity index (χ4v) is 2.44. The molecule has 0 aliphatic rings. The molecule has 0 aliphatic heterocycles. The minimum Gasteiger partial charge on any atom is -0.493 e. The number of nitrogens with zero attached hydrogens (tertiary/aromatic N) is 1. The van der Waals surface area contributed by atoms with Crippen LogP contribution in [0, 0.1) is 0 Å². The third kappa shape index (κ3) is 4.20. The number of carbonyl (C=O) groups is 1. The van der Waals surface area contributed by atoms with Crippen LogP contribution >= 0.6 is 0 Å². The molecule has 1 atom stereocenters. The summed E-state index contributed by atoms with van der Waals surface area (Å²) in [4.78, 5) is 12.0. The van der Waals surface area contributed by atoms with Crippen LogP contribution in [0.2, 0.25) is 0 Å². The van der Waals surface area contributed by atoms with Crippen molar-refractivity contribution in [2.45, 2.75) is 12.5 Å². The Morgan fingerprint density at radius 2 is 2.04 bits per heavy atom. The van der Waals surface area contributed by atoms with E-state index in [0.717, 1.165) is 5.69 Å². The van der Waals surface area contributed by atoms with Gasteiger partial charge in [-0.15, -0.1) is 0 Å². The number of rotatable bonds is 7. The Hall–Kier alpha value is -2.67. The number of urea groups is 1. The summed E-state index contributed by atoms with van der Waals surface area (Å²) >= 11 is 0. The van der Waals surface area contributed by atoms with E-state index >= 15 is 0 Å². The maximum absolute atomic E-state index is 12.0. The van der Waals surface area contributed by atoms with Crippen LogP contribution in [0.5, 0.6) is 11.5 Å². The Balaban J connectivity index is 1.87. The zero-order valence-corrected chi connectivity index (χ0v) is 14.1. The Morgan fingerprint density at radius 3 is 2.67 bits per heavy atom. The molecule has 2 rings (SSSR count). The summed E-state index contributed by atoms with van der Waals surface area (Å²) in [5.74, 6) is 0.994. The summed E-state index contributed by atoms with van der Waals surface area (Å²) in [7, 11) is 4.91. The average Bonchev–Trinajstić information content (AvgIpc) is 3.00. The molecular formula is C17H23N3O4. The van der Waals surface area contributed by atoms with Gasteiger partial charge in [-0.2, -0.15) is 0 Å². The minimum absolute atomic E-state index is 0.338. The van der Waals surface area contributed by atoms with Crippen LogP contribution in [-0.4, -0.2) is 36.5 Å². The number of ether oxygens (including phenoxy) is 2. The van der Waals surface area contributed by atoms with Crippen molar-refractivity contribution in [2.75, 3.05) is 26.1 Å². The summed E-state index contributed by atoms with van der Waals surface area (Å²) in [5.41, 5.74) is 1.32. The highest BCUT2D eigenvalue weighted by atomic mass is 16.5. The van der Waals surface area contributed by atoms with Gasteiger partial charge in [0.05, 0.1) is 26.0 Å². The number of hydrogen-bond acceptors (Lipinski definition) is 4. The average molecular weight is 333 g/mol. The lowest BCUT2D eigenvalue weighted by molar-refractivity contribution is 0.159. The van der Waals surface area contributed by atoms with Crippen LogP contribution < -0.4 is 20.1 Å². The van der Waals surface area contributed by atoms with Crippen molar-refractivity contribution in [3.05, 3.63) is 42.2 Å². The third-order valence-electron chi connectivity index (χ3n) is 3.68. The second kappa shape index (κ2) is 8.26. The topological polar surface area (TPSA) is 84.8 Å². The van der Waals surface area contributed by atoms with Gasteiger partial charge in [-0.1, -0.05) is 6.07 Å². The van der Waals surface area contributed by atoms with Crippen LogP contribution in [0.3, 0.4) is 0 Å². The van der Waals surface area contributed by atoms with Gasteiger partial charge in [0.2, 0.25) is 0 Å². The van der Waals surface area contributed by atoms with E-state index in [4.69, 9.17) is 9.47 Å². The highest BCUT2D eigenvalue weighted by molar-refractivity contribution is 5.91. The number of hydrogen-bond donors (Lipinski definition) is 3. The van der Waals surface area contributed by atoms with Gasteiger partial charge >= 0.3 is 6.03 Å². The lowest BCUT2D eigenvalue weighted by atomic mass is 10.2. The molecule has 0 fully saturated rings. The predicted octanol–water partition coefficient (Wildman–Crippen LogP) is 2.29. The lowest BCUT2D eigenvalue weighted by Gasteiger charge is -2.15. The molecule has 2 aromatic rings. The Kier molecular flexibility index (Phi) is 6.08. The number of nitrogens with one attached hydrogen (secondary N) is 2. The SMILES string of the molecule is COc1cccc(NC(=O)NCCC(O)c2cccn2C)c1OC. The smallest absolute Gasteiger partial charge is 0.319 e. The van der Waals surface area contributed by atoms with Gasteiger partial charge in [0.1, 0.15) is 0 Å². The monoisotopic (exact) mass is 333 g/mol. The zero-order chi connectivity index (χ0) is 17.5. The van der Waals surface area contributed by atoms with Gasteiger partial charge in [-0.05, 0) is 30.7 Å². The molecule has 24 heavy (non-hydrogen) atoms. The quantitative estimate of drug-likeness (QED) is 0.726. The Bertz CT molecular complexity index is 684. The number of aryl methyl sites for hydroxylation is 1. The van der Waals surface area contributed by atoms with E-state index in [9.17, 15) is 9.90 Å². The van der Waals surface area contributed by atoms with Gasteiger partial charge in [-0.25, -0.2) is 4.79 Å². The largest absolute Gasteiger partial charge is 0.493 e. The predicted molar refractivity (Wildman–Crippen MR) is 91.6 cm³/mol. The van der Waals surface area contributed by atoms with Crippen molar-refractivity contribution in [3.8, 4) is 11.5 Å². The highest BCUT2D eigenvalue weighted by Gasteiger charge is 2.13. The Labute approximate surface area is 141 Å². The molecule has 1 heterocycles. The number of aromatic nitrogens is 1. The maximum Gasteiger partial charge on any atom is 0.319 e. The number of aliphatic hydroxyl groups is 1. The standard InChI is InChI=1S/C17H23N3O4/c1-20-11-5-7-13(20)14(21)9-10-18-17(22)19-12-6-4-8-15(23-2)16(12)24-3/h4-8,11,14,21H,9-10H2,1-3H3,(H2,18,19,22). The van der Waals surface area contributed by atoms with E-state index in [2.05, 4.69) is 10.6 Å². The molecule has 1 unspecified atom stereocenters. The van der Waals surface area contributed by atoms with Crippen molar-refractivity contribution >= 4 is 11.7 Å². The summed E-state index contributed by atoms with van der Waals surface area (Å²) in [6, 6.07) is 8.58. The molecule has 1 aromatic heterocycles. The van der Waals surface area contributed by atoms with Gasteiger partial charge in [0, 0.05) is 25.5 Å². The van der Waals surface area contributed by atoms with Crippen LogP contribution in [0.15, 0.2) is 36.5 Å². The van der Waals surface area contributed by atoms with E-state index in [1.165, 1.54) is 14.2 Å². The van der Waals surface area contributed by atoms with Crippen molar-refractivity contribution in [3.63, 3.8) is 0 Å². The van der Waals surface area contributed by atoms with E-state index in [-0.39, 0.29) is 6.03 Å². The Morgan fingerprint density at radius 1 is 1.25 bits per heavy atom. The summed E-state index contributed by atoms with van der Waals surface area (Å²) < 4.78 is 12.3. The molecule has 0 bridgehead atoms. The van der Waals surface area contributed by atoms with Gasteiger partial charge in [0.25, 0.3) is 0 Å². The van der Waals surface area contributed by atoms with E-state index in [1.807, 2.05) is 29.9 Å². The van der Waals surface area contributed by atoms with Crippen LogP contribution in [-0.2, 0) is 7.05 Å². The molecule has 0 saturated heterocycles. The highest BCUT2D eigenvalue weighted by Crippen LogP contribution is 2.34. The van der Waals surface area contributed by atoms with Gasteiger partial charge in [0.15, 0.2) is 11.5 Å². The third-order valence-corrected chi connectivity index (χ3v) is 3.68. The van der Waals surface area contributed by atoms with Gasteiger partial charge < -0.3 is 29.8 Å². The molecule has 0 radical (unpaired) electrons. The number of amides is 2. The maximum atomic E-state index is 12.0. The summed E-state index contributed by atoms with van der Waals surface area (Å²) in [6.45, 7) is 0.338. The minimum atomic E-state index is -0.628. The molecular weight excluding hydrogens is 310 g/mol. The molecule has 1 aromatic carbocycles. The molecule has 130 valence electrons. The lowest BCUT2D eigenvalue weighted by Crippen LogP contribution is -2.30. The summed E-state index contributed by atoms with van der Waals surface area (Å²) in [6.07, 6.45) is 1.66. The van der Waals surface area contributed by atoms with Crippen molar-refractivity contribution in [1.29, 1.82) is 0 Å². The zero-order valence-electron chi connectivity index (χ0n) is 14.1. The van der Waals surface area contributed by atoms with Crippen LogP contribution in [0.1, 0.15) is 18.2 Å². The summed E-state index contributed by atoms with van der Waals surface area (Å²) in [5, 5.41) is 15.5. The first-order chi connectivity index (χ1) is 11.6. The molecule has 2 amide bonds. The van der Waals surface area contributed by atoms with E-state index in [0.29, 0.717) is 30.2 Å². The number of carbonyl (C=O) groups excluding carboxylic acids is 1. The number of anilines is 1. The number of para-hydroxylation sites is 1.